The van der Waals surface area contributed by atoms with E-state index in [2.05, 4.69) is 10.2 Å². The second kappa shape index (κ2) is 4.47. The third kappa shape index (κ3) is 2.37. The van der Waals surface area contributed by atoms with Crippen LogP contribution >= 0.6 is 0 Å². The van der Waals surface area contributed by atoms with E-state index in [1.165, 1.54) is 25.7 Å². The van der Waals surface area contributed by atoms with Crippen LogP contribution in [0.4, 0.5) is 0 Å². The van der Waals surface area contributed by atoms with E-state index in [4.69, 9.17) is 0 Å². The summed E-state index contributed by atoms with van der Waals surface area (Å²) in [7, 11) is 1.87. The summed E-state index contributed by atoms with van der Waals surface area (Å²) in [6.45, 7) is 0.879. The summed E-state index contributed by atoms with van der Waals surface area (Å²) in [5.74, 6) is 0.765. The number of carbonyl (C=O) groups excluding carboxylic acids is 1. The highest BCUT2D eigenvalue weighted by atomic mass is 16.2. The summed E-state index contributed by atoms with van der Waals surface area (Å²) < 4.78 is 0. The fourth-order valence-corrected chi connectivity index (χ4v) is 2.25. The Balaban J connectivity index is 1.90. The zero-order valence-electron chi connectivity index (χ0n) is 9.07. The van der Waals surface area contributed by atoms with Crippen molar-refractivity contribution in [2.75, 3.05) is 13.6 Å². The molecule has 0 bridgehead atoms. The third-order valence-electron chi connectivity index (χ3n) is 3.10. The average Bonchev–Trinajstić information content (AvgIpc) is 2.88. The summed E-state index contributed by atoms with van der Waals surface area (Å²) in [6.07, 6.45) is 8.39. The quantitative estimate of drug-likeness (QED) is 0.819. The lowest BCUT2D eigenvalue weighted by atomic mass is 10.1. The molecule has 0 saturated heterocycles. The lowest BCUT2D eigenvalue weighted by Gasteiger charge is -2.20. The Morgan fingerprint density at radius 2 is 2.33 bits per heavy atom. The summed E-state index contributed by atoms with van der Waals surface area (Å²) in [6, 6.07) is 0. The molecular weight excluding hydrogens is 190 g/mol. The Hall–Kier alpha value is -1.32. The Morgan fingerprint density at radius 1 is 1.60 bits per heavy atom. The fraction of sp³-hybridized carbons (Fsp3) is 0.636. The summed E-state index contributed by atoms with van der Waals surface area (Å²) in [4.78, 5) is 13.7. The van der Waals surface area contributed by atoms with Crippen LogP contribution in [0, 0.1) is 5.92 Å². The molecule has 1 aliphatic rings. The molecule has 4 heteroatoms. The van der Waals surface area contributed by atoms with Crippen LogP contribution in [-0.4, -0.2) is 34.6 Å². The summed E-state index contributed by atoms with van der Waals surface area (Å²) >= 11 is 0. The van der Waals surface area contributed by atoms with Gasteiger partial charge in [0, 0.05) is 19.8 Å². The van der Waals surface area contributed by atoms with Crippen molar-refractivity contribution in [3.8, 4) is 0 Å². The number of aromatic amines is 1. The van der Waals surface area contributed by atoms with Crippen LogP contribution in [0.1, 0.15) is 36.0 Å². The van der Waals surface area contributed by atoms with Crippen molar-refractivity contribution in [2.24, 2.45) is 5.92 Å². The highest BCUT2D eigenvalue weighted by Crippen LogP contribution is 2.25. The van der Waals surface area contributed by atoms with Crippen LogP contribution in [0.25, 0.3) is 0 Å². The zero-order valence-corrected chi connectivity index (χ0v) is 9.07. The highest BCUT2D eigenvalue weighted by Gasteiger charge is 2.20. The molecule has 1 saturated carbocycles. The van der Waals surface area contributed by atoms with Gasteiger partial charge in [-0.15, -0.1) is 0 Å². The lowest BCUT2D eigenvalue weighted by molar-refractivity contribution is 0.0773. The molecule has 1 amide bonds. The molecule has 0 unspecified atom stereocenters. The number of nitrogens with one attached hydrogen (secondary N) is 1. The van der Waals surface area contributed by atoms with Gasteiger partial charge in [0.1, 0.15) is 0 Å². The predicted molar refractivity (Wildman–Crippen MR) is 57.5 cm³/mol. The fourth-order valence-electron chi connectivity index (χ4n) is 2.25. The molecular formula is C11H17N3O. The Kier molecular flexibility index (Phi) is 3.04. The maximum atomic E-state index is 11.9. The van der Waals surface area contributed by atoms with Crippen LogP contribution in [0.15, 0.2) is 12.4 Å². The SMILES string of the molecule is CN(CC1CCCC1)C(=O)c1cn[nH]c1. The average molecular weight is 207 g/mol. The molecule has 1 aromatic rings. The molecule has 0 aromatic carbocycles. The van der Waals surface area contributed by atoms with Gasteiger partial charge in [0.15, 0.2) is 0 Å². The second-order valence-electron chi connectivity index (χ2n) is 4.32. The first-order chi connectivity index (χ1) is 7.27. The maximum Gasteiger partial charge on any atom is 0.256 e. The van der Waals surface area contributed by atoms with E-state index in [1.807, 2.05) is 7.05 Å². The van der Waals surface area contributed by atoms with Gasteiger partial charge < -0.3 is 4.90 Å². The highest BCUT2D eigenvalue weighted by molar-refractivity contribution is 5.93. The number of carbonyl (C=O) groups is 1. The molecule has 1 heterocycles. The van der Waals surface area contributed by atoms with Gasteiger partial charge >= 0.3 is 0 Å². The molecule has 4 nitrogen and oxygen atoms in total. The van der Waals surface area contributed by atoms with E-state index in [0.717, 1.165) is 6.54 Å². The molecule has 2 rings (SSSR count). The van der Waals surface area contributed by atoms with Crippen molar-refractivity contribution in [1.29, 1.82) is 0 Å². The molecule has 1 aromatic heterocycles. The zero-order chi connectivity index (χ0) is 10.7. The molecule has 15 heavy (non-hydrogen) atoms. The predicted octanol–water partition coefficient (Wildman–Crippen LogP) is 1.67. The van der Waals surface area contributed by atoms with E-state index in [-0.39, 0.29) is 5.91 Å². The van der Waals surface area contributed by atoms with Crippen LogP contribution in [0.5, 0.6) is 0 Å². The number of rotatable bonds is 3. The minimum Gasteiger partial charge on any atom is -0.341 e. The number of hydrogen-bond acceptors (Lipinski definition) is 2. The van der Waals surface area contributed by atoms with Gasteiger partial charge in [-0.05, 0) is 18.8 Å². The van der Waals surface area contributed by atoms with Gasteiger partial charge in [-0.3, -0.25) is 9.89 Å². The molecule has 1 aliphatic carbocycles. The molecule has 0 spiro atoms. The van der Waals surface area contributed by atoms with Gasteiger partial charge in [-0.2, -0.15) is 5.10 Å². The normalized spacial score (nSPS) is 16.9. The monoisotopic (exact) mass is 207 g/mol. The molecule has 1 N–H and O–H groups in total. The minimum absolute atomic E-state index is 0.0654. The van der Waals surface area contributed by atoms with E-state index in [9.17, 15) is 4.79 Å². The lowest BCUT2D eigenvalue weighted by Crippen LogP contribution is -2.30. The van der Waals surface area contributed by atoms with Gasteiger partial charge in [-0.1, -0.05) is 12.8 Å². The molecule has 82 valence electrons. The van der Waals surface area contributed by atoms with Crippen molar-refractivity contribution in [1.82, 2.24) is 15.1 Å². The maximum absolute atomic E-state index is 11.9. The van der Waals surface area contributed by atoms with Gasteiger partial charge in [0.2, 0.25) is 0 Å². The van der Waals surface area contributed by atoms with Gasteiger partial charge in [-0.25, -0.2) is 0 Å². The van der Waals surface area contributed by atoms with Crippen molar-refractivity contribution < 1.29 is 4.79 Å². The topological polar surface area (TPSA) is 49.0 Å². The van der Waals surface area contributed by atoms with E-state index in [0.29, 0.717) is 11.5 Å². The van der Waals surface area contributed by atoms with Crippen LogP contribution in [-0.2, 0) is 0 Å². The Morgan fingerprint density at radius 3 is 2.93 bits per heavy atom. The number of hydrogen-bond donors (Lipinski definition) is 1. The van der Waals surface area contributed by atoms with Crippen molar-refractivity contribution in [3.05, 3.63) is 18.0 Å². The number of H-pyrrole nitrogens is 1. The molecule has 0 atom stereocenters. The number of aromatic nitrogens is 2. The van der Waals surface area contributed by atoms with Crippen molar-refractivity contribution >= 4 is 5.91 Å². The van der Waals surface area contributed by atoms with E-state index in [1.54, 1.807) is 17.3 Å². The van der Waals surface area contributed by atoms with Gasteiger partial charge in [0.25, 0.3) is 5.91 Å². The largest absolute Gasteiger partial charge is 0.341 e. The van der Waals surface area contributed by atoms with Crippen molar-refractivity contribution in [3.63, 3.8) is 0 Å². The summed E-state index contributed by atoms with van der Waals surface area (Å²) in [5.41, 5.74) is 0.649. The third-order valence-corrected chi connectivity index (χ3v) is 3.10. The second-order valence-corrected chi connectivity index (χ2v) is 4.32. The smallest absolute Gasteiger partial charge is 0.256 e. The van der Waals surface area contributed by atoms with E-state index < -0.39 is 0 Å². The Labute approximate surface area is 89.7 Å². The van der Waals surface area contributed by atoms with Gasteiger partial charge in [0.05, 0.1) is 11.8 Å². The Bertz CT molecular complexity index is 315. The standard InChI is InChI=1S/C11H17N3O/c1-14(8-9-4-2-3-5-9)11(15)10-6-12-13-7-10/h6-7,9H,2-5,8H2,1H3,(H,12,13). The first kappa shape index (κ1) is 10.2. The first-order valence-corrected chi connectivity index (χ1v) is 5.51. The molecule has 0 radical (unpaired) electrons. The first-order valence-electron chi connectivity index (χ1n) is 5.51. The van der Waals surface area contributed by atoms with Crippen molar-refractivity contribution in [2.45, 2.75) is 25.7 Å². The number of amides is 1. The van der Waals surface area contributed by atoms with E-state index >= 15 is 0 Å². The number of nitrogens with zero attached hydrogens (tertiary/aromatic N) is 2. The van der Waals surface area contributed by atoms with Crippen LogP contribution in [0.3, 0.4) is 0 Å². The van der Waals surface area contributed by atoms with Crippen LogP contribution in [0.2, 0.25) is 0 Å². The molecule has 1 fully saturated rings. The van der Waals surface area contributed by atoms with Crippen LogP contribution < -0.4 is 0 Å². The molecule has 0 aliphatic heterocycles. The minimum atomic E-state index is 0.0654. The summed E-state index contributed by atoms with van der Waals surface area (Å²) in [5, 5.41) is 6.45.